The molecule has 0 aliphatic carbocycles. The molecule has 2 heteroatoms. The van der Waals surface area contributed by atoms with Crippen molar-refractivity contribution in [1.82, 2.24) is 5.32 Å². The van der Waals surface area contributed by atoms with Gasteiger partial charge in [-0.25, -0.2) is 0 Å². The van der Waals surface area contributed by atoms with Gasteiger partial charge >= 0.3 is 0 Å². The van der Waals surface area contributed by atoms with Crippen LogP contribution in [-0.2, 0) is 4.79 Å². The molecule has 0 saturated carbocycles. The van der Waals surface area contributed by atoms with Crippen LogP contribution < -0.4 is 5.32 Å². The molecule has 1 amide bonds. The van der Waals surface area contributed by atoms with E-state index in [1.807, 2.05) is 20.8 Å². The Kier molecular flexibility index (Phi) is 17.8. The van der Waals surface area contributed by atoms with E-state index in [4.69, 9.17) is 0 Å². The zero-order chi connectivity index (χ0) is 18.1. The van der Waals surface area contributed by atoms with Crippen molar-refractivity contribution in [3.63, 3.8) is 0 Å². The Morgan fingerprint density at radius 2 is 1.35 bits per heavy atom. The van der Waals surface area contributed by atoms with Gasteiger partial charge in [-0.05, 0) is 59.8 Å². The van der Waals surface area contributed by atoms with Crippen LogP contribution in [0.3, 0.4) is 0 Å². The Bertz CT molecular complexity index is 385. The molecule has 0 atom stereocenters. The molecule has 2 nitrogen and oxygen atoms in total. The Hall–Kier alpha value is -1.31. The zero-order valence-corrected chi connectivity index (χ0v) is 16.6. The first kappa shape index (κ1) is 23.9. The zero-order valence-electron chi connectivity index (χ0n) is 16.6. The first-order chi connectivity index (χ1) is 11.0. The molecule has 0 aromatic heterocycles. The summed E-state index contributed by atoms with van der Waals surface area (Å²) in [6.45, 7) is 15.3. The molecule has 0 fully saturated rings. The SMILES string of the molecule is CC.CCCC(=O)NC/C=C(\C)CC/C=C(\C)CCC=C(C)C. The van der Waals surface area contributed by atoms with E-state index >= 15 is 0 Å². The number of rotatable bonds is 10. The summed E-state index contributed by atoms with van der Waals surface area (Å²) in [5.74, 6) is 0.150. The summed E-state index contributed by atoms with van der Waals surface area (Å²) < 4.78 is 0. The van der Waals surface area contributed by atoms with Crippen LogP contribution in [0.1, 0.15) is 87.0 Å². The van der Waals surface area contributed by atoms with Gasteiger partial charge in [0.2, 0.25) is 5.91 Å². The van der Waals surface area contributed by atoms with Crippen LogP contribution in [0.15, 0.2) is 34.9 Å². The quantitative estimate of drug-likeness (QED) is 0.467. The molecule has 0 heterocycles. The van der Waals surface area contributed by atoms with Crippen LogP contribution in [0.4, 0.5) is 0 Å². The third kappa shape index (κ3) is 18.6. The minimum atomic E-state index is 0.150. The van der Waals surface area contributed by atoms with Crippen LogP contribution in [0.5, 0.6) is 0 Å². The molecule has 0 aliphatic heterocycles. The highest BCUT2D eigenvalue weighted by atomic mass is 16.1. The van der Waals surface area contributed by atoms with Crippen LogP contribution in [0, 0.1) is 0 Å². The minimum Gasteiger partial charge on any atom is -0.353 e. The fourth-order valence-electron chi connectivity index (χ4n) is 1.99. The van der Waals surface area contributed by atoms with Gasteiger partial charge in [-0.1, -0.05) is 55.7 Å². The minimum absolute atomic E-state index is 0.150. The molecule has 0 bridgehead atoms. The number of hydrogen-bond acceptors (Lipinski definition) is 1. The molecule has 1 N–H and O–H groups in total. The third-order valence-corrected chi connectivity index (χ3v) is 3.35. The van der Waals surface area contributed by atoms with Gasteiger partial charge in [-0.2, -0.15) is 0 Å². The fraction of sp³-hybridized carbons (Fsp3) is 0.667. The topological polar surface area (TPSA) is 29.1 Å². The first-order valence-corrected chi connectivity index (χ1v) is 9.17. The maximum absolute atomic E-state index is 11.3. The molecule has 0 spiro atoms. The maximum Gasteiger partial charge on any atom is 0.220 e. The Balaban J connectivity index is 0. The van der Waals surface area contributed by atoms with Crippen molar-refractivity contribution in [2.24, 2.45) is 0 Å². The van der Waals surface area contributed by atoms with E-state index in [0.29, 0.717) is 13.0 Å². The standard InChI is InChI=1S/C19H33NO.C2H6/c1-6-9-19(21)20-15-14-18(5)13-8-12-17(4)11-7-10-16(2)3;1-2/h10,12,14H,6-9,11,13,15H2,1-5H3,(H,20,21);1-2H3/b17-12+,18-14+;. The van der Waals surface area contributed by atoms with Gasteiger partial charge in [0.25, 0.3) is 0 Å². The van der Waals surface area contributed by atoms with Gasteiger partial charge in [0, 0.05) is 13.0 Å². The van der Waals surface area contributed by atoms with E-state index in [1.165, 1.54) is 16.7 Å². The van der Waals surface area contributed by atoms with Crippen LogP contribution in [0.2, 0.25) is 0 Å². The summed E-state index contributed by atoms with van der Waals surface area (Å²) in [6, 6.07) is 0. The second-order valence-electron chi connectivity index (χ2n) is 6.01. The summed E-state index contributed by atoms with van der Waals surface area (Å²) >= 11 is 0. The van der Waals surface area contributed by atoms with Crippen molar-refractivity contribution in [3.8, 4) is 0 Å². The maximum atomic E-state index is 11.3. The number of carbonyl (C=O) groups is 1. The molecule has 0 unspecified atom stereocenters. The van der Waals surface area contributed by atoms with E-state index in [-0.39, 0.29) is 5.91 Å². The highest BCUT2D eigenvalue weighted by Crippen LogP contribution is 2.11. The van der Waals surface area contributed by atoms with Gasteiger partial charge in [-0.15, -0.1) is 0 Å². The van der Waals surface area contributed by atoms with Gasteiger partial charge in [0.1, 0.15) is 0 Å². The molecule has 0 rings (SSSR count). The molecule has 0 saturated heterocycles. The number of nitrogens with one attached hydrogen (secondary N) is 1. The lowest BCUT2D eigenvalue weighted by atomic mass is 10.1. The highest BCUT2D eigenvalue weighted by molar-refractivity contribution is 5.75. The van der Waals surface area contributed by atoms with Crippen molar-refractivity contribution < 1.29 is 4.79 Å². The molecule has 0 aromatic carbocycles. The average molecular weight is 322 g/mol. The Morgan fingerprint density at radius 1 is 0.826 bits per heavy atom. The molecule has 134 valence electrons. The Labute approximate surface area is 145 Å². The Morgan fingerprint density at radius 3 is 1.87 bits per heavy atom. The van der Waals surface area contributed by atoms with Crippen LogP contribution in [-0.4, -0.2) is 12.5 Å². The van der Waals surface area contributed by atoms with E-state index in [9.17, 15) is 4.79 Å². The largest absolute Gasteiger partial charge is 0.353 e. The van der Waals surface area contributed by atoms with Gasteiger partial charge < -0.3 is 5.32 Å². The first-order valence-electron chi connectivity index (χ1n) is 9.17. The lowest BCUT2D eigenvalue weighted by Gasteiger charge is -2.03. The lowest BCUT2D eigenvalue weighted by Crippen LogP contribution is -2.22. The van der Waals surface area contributed by atoms with Gasteiger partial charge in [-0.3, -0.25) is 4.79 Å². The summed E-state index contributed by atoms with van der Waals surface area (Å²) in [7, 11) is 0. The fourth-order valence-corrected chi connectivity index (χ4v) is 1.99. The summed E-state index contributed by atoms with van der Waals surface area (Å²) in [4.78, 5) is 11.3. The predicted octanol–water partition coefficient (Wildman–Crippen LogP) is 6.35. The smallest absolute Gasteiger partial charge is 0.220 e. The number of carbonyl (C=O) groups excluding carboxylic acids is 1. The summed E-state index contributed by atoms with van der Waals surface area (Å²) in [5, 5.41) is 2.91. The highest BCUT2D eigenvalue weighted by Gasteiger charge is 1.96. The van der Waals surface area contributed by atoms with E-state index in [0.717, 1.165) is 32.1 Å². The van der Waals surface area contributed by atoms with Crippen molar-refractivity contribution in [2.45, 2.75) is 87.0 Å². The van der Waals surface area contributed by atoms with Gasteiger partial charge in [0.05, 0.1) is 0 Å². The third-order valence-electron chi connectivity index (χ3n) is 3.35. The predicted molar refractivity (Wildman–Crippen MR) is 105 cm³/mol. The second kappa shape index (κ2) is 17.1. The van der Waals surface area contributed by atoms with Crippen molar-refractivity contribution in [2.75, 3.05) is 6.54 Å². The average Bonchev–Trinajstić information content (AvgIpc) is 2.49. The number of allylic oxidation sites excluding steroid dienone is 5. The summed E-state index contributed by atoms with van der Waals surface area (Å²) in [5.41, 5.74) is 4.21. The molecular weight excluding hydrogens is 282 g/mol. The van der Waals surface area contributed by atoms with Crippen LogP contribution in [0.25, 0.3) is 0 Å². The molecule has 0 radical (unpaired) electrons. The van der Waals surface area contributed by atoms with Gasteiger partial charge in [0.15, 0.2) is 0 Å². The molecule has 23 heavy (non-hydrogen) atoms. The van der Waals surface area contributed by atoms with E-state index < -0.39 is 0 Å². The number of amides is 1. The molecule has 0 aliphatic rings. The van der Waals surface area contributed by atoms with Crippen molar-refractivity contribution in [3.05, 3.63) is 34.9 Å². The van der Waals surface area contributed by atoms with Crippen molar-refractivity contribution in [1.29, 1.82) is 0 Å². The normalized spacial score (nSPS) is 11.4. The second-order valence-corrected chi connectivity index (χ2v) is 6.01. The molecule has 0 aromatic rings. The molecular formula is C21H39NO. The van der Waals surface area contributed by atoms with Crippen molar-refractivity contribution >= 4 is 5.91 Å². The lowest BCUT2D eigenvalue weighted by molar-refractivity contribution is -0.120. The van der Waals surface area contributed by atoms with E-state index in [2.05, 4.69) is 51.2 Å². The monoisotopic (exact) mass is 321 g/mol. The van der Waals surface area contributed by atoms with Crippen LogP contribution >= 0.6 is 0 Å². The number of hydrogen-bond donors (Lipinski definition) is 1. The summed E-state index contributed by atoms with van der Waals surface area (Å²) in [6.07, 6.45) is 12.7. The van der Waals surface area contributed by atoms with E-state index in [1.54, 1.807) is 0 Å².